The van der Waals surface area contributed by atoms with Crippen molar-refractivity contribution in [2.75, 3.05) is 0 Å². The second-order valence-corrected chi connectivity index (χ2v) is 7.28. The van der Waals surface area contributed by atoms with Crippen LogP contribution in [0, 0.1) is 6.07 Å². The van der Waals surface area contributed by atoms with E-state index in [-0.39, 0.29) is 16.9 Å². The zero-order chi connectivity index (χ0) is 16.1. The molecule has 0 amide bonds. The SMILES string of the molecule is CC(C)Oc1c(C(C)(C)C)c[c-]cc1C(C)(C)C.[Zn+][Br]. The summed E-state index contributed by atoms with van der Waals surface area (Å²) < 4.78 is 6.11. The molecule has 0 aromatic heterocycles. The van der Waals surface area contributed by atoms with Crippen LogP contribution in [0.3, 0.4) is 0 Å². The maximum absolute atomic E-state index is 6.11. The van der Waals surface area contributed by atoms with E-state index in [1.807, 2.05) is 0 Å². The third kappa shape index (κ3) is 5.86. The Hall–Kier alpha value is 0.123. The van der Waals surface area contributed by atoms with Crippen LogP contribution in [-0.2, 0) is 27.2 Å². The quantitative estimate of drug-likeness (QED) is 0.462. The zero-order valence-corrected chi connectivity index (χ0v) is 18.8. The van der Waals surface area contributed by atoms with Gasteiger partial charge < -0.3 is 4.74 Å². The number of hydrogen-bond acceptors (Lipinski definition) is 1. The van der Waals surface area contributed by atoms with Crippen molar-refractivity contribution < 1.29 is 21.1 Å². The standard InChI is InChI=1S/C17H27O.BrH.Zn/c1-12(2)18-15-13(16(3,4)5)10-9-11-14(15)17(6,7)8;;/h10-12H,1-8H3;1H;/q-1;;+2/p-1. The van der Waals surface area contributed by atoms with Crippen LogP contribution in [0.1, 0.15) is 66.5 Å². The molecule has 0 saturated carbocycles. The first-order valence-corrected chi connectivity index (χ1v) is 14.0. The third-order valence-electron chi connectivity index (χ3n) is 2.91. The first-order chi connectivity index (χ1) is 9.03. The Morgan fingerprint density at radius 1 is 0.950 bits per heavy atom. The number of ether oxygens (including phenoxy) is 1. The van der Waals surface area contributed by atoms with E-state index in [1.165, 1.54) is 27.5 Å². The Bertz CT molecular complexity index is 382. The molecule has 1 nitrogen and oxygen atoms in total. The zero-order valence-electron chi connectivity index (χ0n) is 14.2. The van der Waals surface area contributed by atoms with Crippen LogP contribution in [-0.4, -0.2) is 6.10 Å². The van der Waals surface area contributed by atoms with Crippen molar-refractivity contribution in [1.82, 2.24) is 0 Å². The van der Waals surface area contributed by atoms with E-state index in [9.17, 15) is 0 Å². The fourth-order valence-electron chi connectivity index (χ4n) is 1.96. The first kappa shape index (κ1) is 20.1. The fourth-order valence-corrected chi connectivity index (χ4v) is 1.96. The van der Waals surface area contributed by atoms with Crippen LogP contribution in [0.25, 0.3) is 0 Å². The van der Waals surface area contributed by atoms with Gasteiger partial charge in [-0.1, -0.05) is 52.4 Å². The summed E-state index contributed by atoms with van der Waals surface area (Å²) >= 11 is 4.25. The molecule has 110 valence electrons. The van der Waals surface area contributed by atoms with Crippen molar-refractivity contribution in [1.29, 1.82) is 0 Å². The van der Waals surface area contributed by atoms with Crippen molar-refractivity contribution in [3.8, 4) is 5.75 Å². The van der Waals surface area contributed by atoms with Crippen LogP contribution in [0.2, 0.25) is 0 Å². The minimum atomic E-state index is 0.0714. The molecule has 0 radical (unpaired) electrons. The van der Waals surface area contributed by atoms with Gasteiger partial charge in [0.2, 0.25) is 0 Å². The summed E-state index contributed by atoms with van der Waals surface area (Å²) in [5.74, 6) is 1.05. The van der Waals surface area contributed by atoms with E-state index in [0.29, 0.717) is 0 Å². The van der Waals surface area contributed by atoms with Crippen molar-refractivity contribution in [2.45, 2.75) is 72.3 Å². The van der Waals surface area contributed by atoms with Gasteiger partial charge in [-0.15, -0.1) is 11.1 Å². The van der Waals surface area contributed by atoms with Gasteiger partial charge in [-0.25, -0.2) is 0 Å². The van der Waals surface area contributed by atoms with Gasteiger partial charge in [0.05, 0.1) is 6.10 Å². The van der Waals surface area contributed by atoms with Crippen molar-refractivity contribution in [3.63, 3.8) is 0 Å². The summed E-state index contributed by atoms with van der Waals surface area (Å²) in [6.45, 7) is 17.5. The maximum atomic E-state index is 6.11. The molecule has 0 spiro atoms. The predicted molar refractivity (Wildman–Crippen MR) is 87.4 cm³/mol. The molecule has 0 N–H and O–H groups in total. The van der Waals surface area contributed by atoms with E-state index in [0.717, 1.165) is 5.75 Å². The van der Waals surface area contributed by atoms with Crippen molar-refractivity contribution in [2.24, 2.45) is 0 Å². The summed E-state index contributed by atoms with van der Waals surface area (Å²) in [6, 6.07) is 7.40. The molecule has 0 atom stereocenters. The first-order valence-electron chi connectivity index (χ1n) is 7.02. The summed E-state index contributed by atoms with van der Waals surface area (Å²) in [5.41, 5.74) is 2.62. The minimum absolute atomic E-state index is 0.0714. The molecule has 0 aliphatic rings. The van der Waals surface area contributed by atoms with Crippen LogP contribution >= 0.6 is 13.6 Å². The summed E-state index contributed by atoms with van der Waals surface area (Å²) in [6.07, 6.45) is 0.189. The van der Waals surface area contributed by atoms with Crippen LogP contribution in [0.15, 0.2) is 12.1 Å². The molecule has 0 heterocycles. The summed E-state index contributed by atoms with van der Waals surface area (Å²) in [4.78, 5) is 0. The van der Waals surface area contributed by atoms with E-state index < -0.39 is 0 Å². The fraction of sp³-hybridized carbons (Fsp3) is 0.647. The van der Waals surface area contributed by atoms with E-state index in [4.69, 9.17) is 4.74 Å². The average molecular weight is 393 g/mol. The van der Waals surface area contributed by atoms with Gasteiger partial charge >= 0.3 is 30.0 Å². The molecule has 1 rings (SSSR count). The van der Waals surface area contributed by atoms with Crippen molar-refractivity contribution >= 4 is 13.6 Å². The number of halogens is 1. The van der Waals surface area contributed by atoms with Gasteiger partial charge in [0.15, 0.2) is 0 Å². The molecule has 20 heavy (non-hydrogen) atoms. The molecule has 0 unspecified atom stereocenters. The Morgan fingerprint density at radius 2 is 1.30 bits per heavy atom. The molecule has 0 fully saturated rings. The molecule has 0 bridgehead atoms. The number of benzene rings is 1. The van der Waals surface area contributed by atoms with Gasteiger partial charge in [0.25, 0.3) is 0 Å². The van der Waals surface area contributed by atoms with Crippen LogP contribution in [0.5, 0.6) is 5.75 Å². The molecule has 0 saturated heterocycles. The second kappa shape index (κ2) is 7.94. The molecular formula is C17H27BrOZn. The van der Waals surface area contributed by atoms with Gasteiger partial charge in [0, 0.05) is 5.75 Å². The third-order valence-corrected chi connectivity index (χ3v) is 2.91. The molecule has 3 heteroatoms. The Labute approximate surface area is 141 Å². The second-order valence-electron chi connectivity index (χ2n) is 7.28. The van der Waals surface area contributed by atoms with Crippen molar-refractivity contribution in [3.05, 3.63) is 29.3 Å². The van der Waals surface area contributed by atoms with E-state index >= 15 is 0 Å². The Balaban J connectivity index is 0.00000172. The molecule has 1 aromatic rings. The van der Waals surface area contributed by atoms with Gasteiger partial charge in [-0.2, -0.15) is 18.2 Å². The molecule has 1 aromatic carbocycles. The molecule has 0 aliphatic heterocycles. The van der Waals surface area contributed by atoms with Gasteiger partial charge in [-0.3, -0.25) is 0 Å². The normalized spacial score (nSPS) is 12.0. The topological polar surface area (TPSA) is 9.23 Å². The van der Waals surface area contributed by atoms with Crippen LogP contribution < -0.4 is 4.74 Å². The van der Waals surface area contributed by atoms with Crippen LogP contribution in [0.4, 0.5) is 0 Å². The molecular weight excluding hydrogens is 365 g/mol. The Morgan fingerprint density at radius 3 is 1.55 bits per heavy atom. The van der Waals surface area contributed by atoms with E-state index in [1.54, 1.807) is 0 Å². The summed E-state index contributed by atoms with van der Waals surface area (Å²) in [7, 11) is 0. The monoisotopic (exact) mass is 390 g/mol. The van der Waals surface area contributed by atoms with Gasteiger partial charge in [-0.05, 0) is 13.8 Å². The Kier molecular flexibility index (Phi) is 7.99. The number of hydrogen-bond donors (Lipinski definition) is 0. The summed E-state index contributed by atoms with van der Waals surface area (Å²) in [5, 5.41) is 0. The van der Waals surface area contributed by atoms with E-state index in [2.05, 4.69) is 87.2 Å². The average Bonchev–Trinajstić information content (AvgIpc) is 2.28. The molecule has 0 aliphatic carbocycles. The predicted octanol–water partition coefficient (Wildman–Crippen LogP) is 5.71. The number of rotatable bonds is 2. The van der Waals surface area contributed by atoms with Gasteiger partial charge in [0.1, 0.15) is 0 Å².